The van der Waals surface area contributed by atoms with Crippen LogP contribution >= 0.6 is 0 Å². The molecule has 0 unspecified atom stereocenters. The molecule has 0 spiro atoms. The number of aromatic nitrogens is 2. The van der Waals surface area contributed by atoms with Gasteiger partial charge >= 0.3 is 0 Å². The number of benzene rings is 1. The first kappa shape index (κ1) is 14.6. The van der Waals surface area contributed by atoms with Crippen LogP contribution in [0.2, 0.25) is 0 Å². The number of hydrogen-bond donors (Lipinski definition) is 1. The summed E-state index contributed by atoms with van der Waals surface area (Å²) in [6, 6.07) is 10.7. The first-order chi connectivity index (χ1) is 9.69. The molecule has 1 N–H and O–H groups in total. The number of nitrogens with one attached hydrogen (secondary N) is 1. The molecule has 0 saturated heterocycles. The molecule has 0 aliphatic heterocycles. The Labute approximate surface area is 121 Å². The van der Waals surface area contributed by atoms with E-state index in [9.17, 15) is 0 Å². The van der Waals surface area contributed by atoms with Crippen LogP contribution in [-0.2, 0) is 19.6 Å². The number of hydrogen-bond acceptors (Lipinski definition) is 3. The summed E-state index contributed by atoms with van der Waals surface area (Å²) in [5.74, 6) is 0. The smallest absolute Gasteiger partial charge is 0.0762 e. The van der Waals surface area contributed by atoms with Crippen molar-refractivity contribution in [2.45, 2.75) is 33.0 Å². The van der Waals surface area contributed by atoms with E-state index in [0.29, 0.717) is 0 Å². The van der Waals surface area contributed by atoms with E-state index in [2.05, 4.69) is 66.7 Å². The molecular formula is C16H24N4. The summed E-state index contributed by atoms with van der Waals surface area (Å²) in [6.45, 7) is 4.84. The first-order valence-corrected chi connectivity index (χ1v) is 7.18. The molecule has 20 heavy (non-hydrogen) atoms. The zero-order valence-electron chi connectivity index (χ0n) is 12.6. The summed E-state index contributed by atoms with van der Waals surface area (Å²) in [5, 5.41) is 7.95. The minimum atomic E-state index is 0.812. The zero-order valence-corrected chi connectivity index (χ0v) is 12.6. The van der Waals surface area contributed by atoms with Gasteiger partial charge in [0.2, 0.25) is 0 Å². The minimum absolute atomic E-state index is 0.812. The van der Waals surface area contributed by atoms with Gasteiger partial charge in [-0.2, -0.15) is 5.10 Å². The largest absolute Gasteiger partial charge is 0.378 e. The van der Waals surface area contributed by atoms with Crippen molar-refractivity contribution in [3.05, 3.63) is 47.8 Å². The Morgan fingerprint density at radius 2 is 1.85 bits per heavy atom. The second-order valence-electron chi connectivity index (χ2n) is 5.23. The van der Waals surface area contributed by atoms with Gasteiger partial charge in [-0.15, -0.1) is 0 Å². The van der Waals surface area contributed by atoms with E-state index in [4.69, 9.17) is 0 Å². The van der Waals surface area contributed by atoms with E-state index in [-0.39, 0.29) is 0 Å². The fourth-order valence-corrected chi connectivity index (χ4v) is 2.10. The van der Waals surface area contributed by atoms with Crippen molar-refractivity contribution in [3.8, 4) is 0 Å². The third kappa shape index (κ3) is 4.10. The highest BCUT2D eigenvalue weighted by molar-refractivity contribution is 5.45. The third-order valence-electron chi connectivity index (χ3n) is 3.24. The topological polar surface area (TPSA) is 33.1 Å². The molecule has 108 valence electrons. The lowest BCUT2D eigenvalue weighted by Gasteiger charge is -2.12. The predicted octanol–water partition coefficient (Wildman–Crippen LogP) is 2.65. The van der Waals surface area contributed by atoms with Crippen molar-refractivity contribution in [1.82, 2.24) is 15.1 Å². The molecule has 0 radical (unpaired) electrons. The molecule has 0 atom stereocenters. The number of nitrogens with zero attached hydrogens (tertiary/aromatic N) is 3. The lowest BCUT2D eigenvalue weighted by Crippen LogP contribution is -2.14. The molecule has 0 fully saturated rings. The summed E-state index contributed by atoms with van der Waals surface area (Å²) in [4.78, 5) is 2.11. The van der Waals surface area contributed by atoms with E-state index in [1.54, 1.807) is 0 Å². The average Bonchev–Trinajstić information content (AvgIpc) is 2.87. The fourth-order valence-electron chi connectivity index (χ4n) is 2.10. The molecule has 4 heteroatoms. The maximum Gasteiger partial charge on any atom is 0.0762 e. The van der Waals surface area contributed by atoms with E-state index in [1.165, 1.54) is 11.3 Å². The number of rotatable bonds is 7. The van der Waals surface area contributed by atoms with Gasteiger partial charge in [0.05, 0.1) is 5.69 Å². The SMILES string of the molecule is CCCn1ccc(CNCc2ccc(N(C)C)cc2)n1. The maximum atomic E-state index is 4.52. The van der Waals surface area contributed by atoms with Crippen molar-refractivity contribution < 1.29 is 0 Å². The Balaban J connectivity index is 1.79. The Kier molecular flexibility index (Phi) is 5.18. The number of aryl methyl sites for hydroxylation is 1. The lowest BCUT2D eigenvalue weighted by atomic mass is 10.2. The van der Waals surface area contributed by atoms with E-state index in [0.717, 1.165) is 31.7 Å². The van der Waals surface area contributed by atoms with Crippen LogP contribution in [0.5, 0.6) is 0 Å². The fraction of sp³-hybridized carbons (Fsp3) is 0.438. The van der Waals surface area contributed by atoms with Crippen molar-refractivity contribution in [2.75, 3.05) is 19.0 Å². The van der Waals surface area contributed by atoms with Gasteiger partial charge in [-0.3, -0.25) is 4.68 Å². The highest BCUT2D eigenvalue weighted by Crippen LogP contribution is 2.12. The van der Waals surface area contributed by atoms with Gasteiger partial charge in [0.1, 0.15) is 0 Å². The standard InChI is InChI=1S/C16H24N4/c1-4-10-20-11-9-15(18-20)13-17-12-14-5-7-16(8-6-14)19(2)3/h5-9,11,17H,4,10,12-13H2,1-3H3. The molecule has 2 aromatic rings. The summed E-state index contributed by atoms with van der Waals surface area (Å²) in [6.07, 6.45) is 3.17. The van der Waals surface area contributed by atoms with Crippen LogP contribution in [0.15, 0.2) is 36.5 Å². The van der Waals surface area contributed by atoms with E-state index < -0.39 is 0 Å². The molecule has 0 aliphatic carbocycles. The molecule has 1 aromatic carbocycles. The molecule has 2 rings (SSSR count). The Morgan fingerprint density at radius 1 is 1.10 bits per heavy atom. The predicted molar refractivity (Wildman–Crippen MR) is 83.8 cm³/mol. The average molecular weight is 272 g/mol. The van der Waals surface area contributed by atoms with Crippen LogP contribution in [-0.4, -0.2) is 23.9 Å². The Bertz CT molecular complexity index is 514. The second-order valence-corrected chi connectivity index (χ2v) is 5.23. The van der Waals surface area contributed by atoms with Crippen LogP contribution in [0.4, 0.5) is 5.69 Å². The van der Waals surface area contributed by atoms with Crippen molar-refractivity contribution >= 4 is 5.69 Å². The molecular weight excluding hydrogens is 248 g/mol. The minimum Gasteiger partial charge on any atom is -0.378 e. The highest BCUT2D eigenvalue weighted by Gasteiger charge is 1.99. The van der Waals surface area contributed by atoms with Crippen LogP contribution in [0.25, 0.3) is 0 Å². The monoisotopic (exact) mass is 272 g/mol. The maximum absolute atomic E-state index is 4.52. The van der Waals surface area contributed by atoms with Crippen LogP contribution in [0.3, 0.4) is 0 Å². The normalized spacial score (nSPS) is 10.8. The number of anilines is 1. The van der Waals surface area contributed by atoms with E-state index >= 15 is 0 Å². The summed E-state index contributed by atoms with van der Waals surface area (Å²) in [5.41, 5.74) is 3.62. The molecule has 1 aromatic heterocycles. The Morgan fingerprint density at radius 3 is 2.50 bits per heavy atom. The van der Waals surface area contributed by atoms with Gasteiger partial charge in [-0.25, -0.2) is 0 Å². The van der Waals surface area contributed by atoms with Crippen LogP contribution < -0.4 is 10.2 Å². The first-order valence-electron chi connectivity index (χ1n) is 7.18. The molecule has 0 aliphatic rings. The van der Waals surface area contributed by atoms with Gasteiger partial charge in [0.25, 0.3) is 0 Å². The summed E-state index contributed by atoms with van der Waals surface area (Å²) in [7, 11) is 4.11. The summed E-state index contributed by atoms with van der Waals surface area (Å²) >= 11 is 0. The Hall–Kier alpha value is -1.81. The highest BCUT2D eigenvalue weighted by atomic mass is 15.3. The summed E-state index contributed by atoms with van der Waals surface area (Å²) < 4.78 is 2.00. The van der Waals surface area contributed by atoms with Gasteiger partial charge in [0, 0.05) is 45.6 Å². The quantitative estimate of drug-likeness (QED) is 0.841. The van der Waals surface area contributed by atoms with Gasteiger partial charge in [-0.05, 0) is 30.2 Å². The third-order valence-corrected chi connectivity index (χ3v) is 3.24. The molecule has 4 nitrogen and oxygen atoms in total. The molecule has 1 heterocycles. The van der Waals surface area contributed by atoms with Crippen LogP contribution in [0, 0.1) is 0 Å². The molecule has 0 saturated carbocycles. The second kappa shape index (κ2) is 7.10. The van der Waals surface area contributed by atoms with Gasteiger partial charge in [0.15, 0.2) is 0 Å². The zero-order chi connectivity index (χ0) is 14.4. The van der Waals surface area contributed by atoms with Crippen molar-refractivity contribution in [3.63, 3.8) is 0 Å². The molecule has 0 bridgehead atoms. The van der Waals surface area contributed by atoms with Crippen molar-refractivity contribution in [2.24, 2.45) is 0 Å². The molecule has 0 amide bonds. The van der Waals surface area contributed by atoms with Crippen LogP contribution in [0.1, 0.15) is 24.6 Å². The van der Waals surface area contributed by atoms with Gasteiger partial charge in [-0.1, -0.05) is 19.1 Å². The lowest BCUT2D eigenvalue weighted by molar-refractivity contribution is 0.582. The van der Waals surface area contributed by atoms with Crippen molar-refractivity contribution in [1.29, 1.82) is 0 Å². The van der Waals surface area contributed by atoms with Gasteiger partial charge < -0.3 is 10.2 Å². The van der Waals surface area contributed by atoms with E-state index in [1.807, 2.05) is 10.9 Å².